The number of methoxy groups -OCH3 is 1. The number of benzene rings is 1. The molecule has 0 saturated heterocycles. The summed E-state index contributed by atoms with van der Waals surface area (Å²) in [6.07, 6.45) is 3.24. The number of rotatable bonds is 4. The first-order chi connectivity index (χ1) is 10.8. The van der Waals surface area contributed by atoms with Crippen LogP contribution in [0.5, 0.6) is 17.4 Å². The number of hydrogen-bond acceptors (Lipinski definition) is 4. The highest BCUT2D eigenvalue weighted by atomic mass is 19.1. The molecule has 1 aromatic carbocycles. The van der Waals surface area contributed by atoms with E-state index >= 15 is 0 Å². The minimum Gasteiger partial charge on any atom is -0.494 e. The van der Waals surface area contributed by atoms with E-state index in [2.05, 4.69) is 9.97 Å². The molecule has 0 saturated carbocycles. The Labute approximate surface area is 127 Å². The topological polar surface area (TPSA) is 44.2 Å². The average molecular weight is 296 g/mol. The van der Waals surface area contributed by atoms with Gasteiger partial charge in [0.15, 0.2) is 11.6 Å². The maximum absolute atomic E-state index is 14.3. The Hall–Kier alpha value is -2.95. The lowest BCUT2D eigenvalue weighted by Gasteiger charge is -2.09. The van der Waals surface area contributed by atoms with Gasteiger partial charge < -0.3 is 9.47 Å². The molecule has 0 unspecified atom stereocenters. The van der Waals surface area contributed by atoms with Crippen LogP contribution in [0.1, 0.15) is 0 Å². The third-order valence-electron chi connectivity index (χ3n) is 3.04. The first-order valence-corrected chi connectivity index (χ1v) is 6.66. The third-order valence-corrected chi connectivity index (χ3v) is 3.04. The largest absolute Gasteiger partial charge is 0.494 e. The third kappa shape index (κ3) is 2.88. The quantitative estimate of drug-likeness (QED) is 0.727. The molecule has 0 spiro atoms. The Bertz CT molecular complexity index is 779. The summed E-state index contributed by atoms with van der Waals surface area (Å²) in [7, 11) is 1.43. The number of halogens is 1. The van der Waals surface area contributed by atoms with Crippen molar-refractivity contribution in [2.75, 3.05) is 7.11 Å². The average Bonchev–Trinajstić information content (AvgIpc) is 2.56. The predicted octanol–water partition coefficient (Wildman–Crippen LogP) is 4.08. The Morgan fingerprint density at radius 1 is 1.00 bits per heavy atom. The molecule has 2 aromatic heterocycles. The lowest BCUT2D eigenvalue weighted by Crippen LogP contribution is -1.94. The van der Waals surface area contributed by atoms with Crippen LogP contribution >= 0.6 is 0 Å². The van der Waals surface area contributed by atoms with Crippen LogP contribution in [-0.4, -0.2) is 17.1 Å². The summed E-state index contributed by atoms with van der Waals surface area (Å²) >= 11 is 0. The molecule has 0 aliphatic carbocycles. The lowest BCUT2D eigenvalue weighted by atomic mass is 10.1. The SMILES string of the molecule is COc1cccc(-c2cccc(Oc3cccnc3)n2)c1F. The van der Waals surface area contributed by atoms with Crippen LogP contribution in [0, 0.1) is 5.82 Å². The van der Waals surface area contributed by atoms with Crippen LogP contribution in [0.25, 0.3) is 11.3 Å². The van der Waals surface area contributed by atoms with E-state index in [0.29, 0.717) is 22.9 Å². The molecule has 0 aliphatic heterocycles. The van der Waals surface area contributed by atoms with Crippen LogP contribution in [0.4, 0.5) is 4.39 Å². The van der Waals surface area contributed by atoms with Gasteiger partial charge in [0.25, 0.3) is 0 Å². The fourth-order valence-electron chi connectivity index (χ4n) is 2.02. The van der Waals surface area contributed by atoms with Gasteiger partial charge in [-0.25, -0.2) is 9.37 Å². The van der Waals surface area contributed by atoms with Gasteiger partial charge >= 0.3 is 0 Å². The summed E-state index contributed by atoms with van der Waals surface area (Å²) in [4.78, 5) is 8.30. The Morgan fingerprint density at radius 2 is 1.86 bits per heavy atom. The second-order valence-corrected chi connectivity index (χ2v) is 4.47. The second kappa shape index (κ2) is 6.22. The lowest BCUT2D eigenvalue weighted by molar-refractivity contribution is 0.387. The highest BCUT2D eigenvalue weighted by molar-refractivity contribution is 5.62. The van der Waals surface area contributed by atoms with Gasteiger partial charge in [0.1, 0.15) is 5.75 Å². The number of aromatic nitrogens is 2. The van der Waals surface area contributed by atoms with Crippen LogP contribution < -0.4 is 9.47 Å². The molecule has 4 nitrogen and oxygen atoms in total. The minimum atomic E-state index is -0.448. The summed E-state index contributed by atoms with van der Waals surface area (Å²) in [6.45, 7) is 0. The predicted molar refractivity (Wildman–Crippen MR) is 80.5 cm³/mol. The maximum Gasteiger partial charge on any atom is 0.219 e. The smallest absolute Gasteiger partial charge is 0.219 e. The fourth-order valence-corrected chi connectivity index (χ4v) is 2.02. The molecule has 0 N–H and O–H groups in total. The van der Waals surface area contributed by atoms with Crippen molar-refractivity contribution in [1.29, 1.82) is 0 Å². The van der Waals surface area contributed by atoms with Crippen molar-refractivity contribution in [2.24, 2.45) is 0 Å². The van der Waals surface area contributed by atoms with Crippen molar-refractivity contribution < 1.29 is 13.9 Å². The molecule has 0 amide bonds. The molecule has 0 aliphatic rings. The molecule has 2 heterocycles. The van der Waals surface area contributed by atoms with E-state index in [1.807, 2.05) is 0 Å². The van der Waals surface area contributed by atoms with Gasteiger partial charge in [0.05, 0.1) is 19.0 Å². The highest BCUT2D eigenvalue weighted by Crippen LogP contribution is 2.29. The van der Waals surface area contributed by atoms with E-state index < -0.39 is 5.82 Å². The first-order valence-electron chi connectivity index (χ1n) is 6.66. The Morgan fingerprint density at radius 3 is 2.64 bits per heavy atom. The molecule has 0 radical (unpaired) electrons. The zero-order valence-corrected chi connectivity index (χ0v) is 11.9. The van der Waals surface area contributed by atoms with Gasteiger partial charge in [-0.2, -0.15) is 0 Å². The van der Waals surface area contributed by atoms with Crippen LogP contribution in [0.3, 0.4) is 0 Å². The number of ether oxygens (including phenoxy) is 2. The molecular weight excluding hydrogens is 283 g/mol. The van der Waals surface area contributed by atoms with E-state index in [9.17, 15) is 4.39 Å². The molecule has 110 valence electrons. The summed E-state index contributed by atoms with van der Waals surface area (Å²) < 4.78 is 24.9. The standard InChI is InChI=1S/C17H13FN2O2/c1-21-15-8-2-6-13(17(15)18)14-7-3-9-16(20-14)22-12-5-4-10-19-11-12/h2-11H,1H3. The van der Waals surface area contributed by atoms with Crippen molar-refractivity contribution in [1.82, 2.24) is 9.97 Å². The highest BCUT2D eigenvalue weighted by Gasteiger charge is 2.12. The van der Waals surface area contributed by atoms with E-state index in [1.54, 1.807) is 60.9 Å². The zero-order valence-electron chi connectivity index (χ0n) is 11.9. The molecule has 5 heteroatoms. The first kappa shape index (κ1) is 14.0. The van der Waals surface area contributed by atoms with Gasteiger partial charge in [0.2, 0.25) is 5.88 Å². The van der Waals surface area contributed by atoms with Crippen molar-refractivity contribution in [3.8, 4) is 28.6 Å². The zero-order chi connectivity index (χ0) is 15.4. The molecule has 3 rings (SSSR count). The van der Waals surface area contributed by atoms with Crippen LogP contribution in [-0.2, 0) is 0 Å². The summed E-state index contributed by atoms with van der Waals surface area (Å²) in [5, 5.41) is 0. The maximum atomic E-state index is 14.3. The summed E-state index contributed by atoms with van der Waals surface area (Å²) in [6, 6.07) is 13.6. The Balaban J connectivity index is 1.95. The minimum absolute atomic E-state index is 0.179. The molecular formula is C17H13FN2O2. The van der Waals surface area contributed by atoms with Gasteiger partial charge in [0, 0.05) is 17.8 Å². The van der Waals surface area contributed by atoms with E-state index in [4.69, 9.17) is 9.47 Å². The van der Waals surface area contributed by atoms with Crippen molar-refractivity contribution in [2.45, 2.75) is 0 Å². The van der Waals surface area contributed by atoms with E-state index in [1.165, 1.54) is 7.11 Å². The fraction of sp³-hybridized carbons (Fsp3) is 0.0588. The van der Waals surface area contributed by atoms with E-state index in [-0.39, 0.29) is 5.75 Å². The summed E-state index contributed by atoms with van der Waals surface area (Å²) in [5.41, 5.74) is 0.828. The van der Waals surface area contributed by atoms with Crippen molar-refractivity contribution in [3.05, 3.63) is 66.7 Å². The van der Waals surface area contributed by atoms with Gasteiger partial charge in [-0.1, -0.05) is 12.1 Å². The number of hydrogen-bond donors (Lipinski definition) is 0. The number of nitrogens with zero attached hydrogens (tertiary/aromatic N) is 2. The Kier molecular flexibility index (Phi) is 3.96. The summed E-state index contributed by atoms with van der Waals surface area (Å²) in [5.74, 6) is 0.667. The van der Waals surface area contributed by atoms with Gasteiger partial charge in [-0.05, 0) is 30.3 Å². The second-order valence-electron chi connectivity index (χ2n) is 4.47. The van der Waals surface area contributed by atoms with Crippen molar-refractivity contribution in [3.63, 3.8) is 0 Å². The van der Waals surface area contributed by atoms with E-state index in [0.717, 1.165) is 0 Å². The number of pyridine rings is 2. The molecule has 0 atom stereocenters. The van der Waals surface area contributed by atoms with Gasteiger partial charge in [-0.3, -0.25) is 4.98 Å². The van der Waals surface area contributed by atoms with Gasteiger partial charge in [-0.15, -0.1) is 0 Å². The monoisotopic (exact) mass is 296 g/mol. The molecule has 0 fully saturated rings. The molecule has 3 aromatic rings. The molecule has 22 heavy (non-hydrogen) atoms. The normalized spacial score (nSPS) is 10.3. The van der Waals surface area contributed by atoms with Crippen molar-refractivity contribution >= 4 is 0 Å². The molecule has 0 bridgehead atoms. The van der Waals surface area contributed by atoms with Crippen LogP contribution in [0.15, 0.2) is 60.9 Å². The van der Waals surface area contributed by atoms with Crippen LogP contribution in [0.2, 0.25) is 0 Å².